The maximum absolute atomic E-state index is 12.6. The van der Waals surface area contributed by atoms with E-state index in [1.54, 1.807) is 6.08 Å². The maximum Gasteiger partial charge on any atom is 0.266 e. The summed E-state index contributed by atoms with van der Waals surface area (Å²) in [5.41, 5.74) is 3.64. The summed E-state index contributed by atoms with van der Waals surface area (Å²) in [6.45, 7) is 2.15. The number of anilines is 2. The largest absolute Gasteiger partial charge is 0.372 e. The molecule has 1 saturated heterocycles. The van der Waals surface area contributed by atoms with Crippen LogP contribution < -0.4 is 10.2 Å². The van der Waals surface area contributed by atoms with Gasteiger partial charge in [-0.15, -0.1) is 11.3 Å². The molecule has 5 nitrogen and oxygen atoms in total. The SMILES string of the molecule is N#C/C(=C\c1ccc(N2CCCCC2)cc1)C(=O)Nc1sc2c(c1C#N)CCC2. The second kappa shape index (κ2) is 8.51. The average molecular weight is 403 g/mol. The fourth-order valence-electron chi connectivity index (χ4n) is 4.03. The molecule has 1 aromatic carbocycles. The molecule has 29 heavy (non-hydrogen) atoms. The van der Waals surface area contributed by atoms with Crippen molar-refractivity contribution in [2.45, 2.75) is 38.5 Å². The molecule has 1 fully saturated rings. The zero-order valence-corrected chi connectivity index (χ0v) is 17.0. The molecule has 6 heteroatoms. The van der Waals surface area contributed by atoms with Gasteiger partial charge in [0.05, 0.1) is 5.56 Å². The van der Waals surface area contributed by atoms with Gasteiger partial charge in [0.2, 0.25) is 0 Å². The van der Waals surface area contributed by atoms with Crippen molar-refractivity contribution in [3.8, 4) is 12.1 Å². The molecule has 0 spiro atoms. The van der Waals surface area contributed by atoms with E-state index in [4.69, 9.17) is 0 Å². The van der Waals surface area contributed by atoms with E-state index in [0.29, 0.717) is 10.6 Å². The normalized spacial score (nSPS) is 16.1. The van der Waals surface area contributed by atoms with E-state index in [2.05, 4.69) is 16.3 Å². The van der Waals surface area contributed by atoms with Crippen molar-refractivity contribution in [2.24, 2.45) is 0 Å². The number of thiophene rings is 1. The third-order valence-corrected chi connectivity index (χ3v) is 6.76. The highest BCUT2D eigenvalue weighted by atomic mass is 32.1. The first-order valence-corrected chi connectivity index (χ1v) is 10.8. The van der Waals surface area contributed by atoms with Gasteiger partial charge in [0, 0.05) is 23.7 Å². The molecule has 1 aliphatic carbocycles. The Morgan fingerprint density at radius 3 is 2.52 bits per heavy atom. The Hall–Kier alpha value is -3.09. The monoisotopic (exact) mass is 402 g/mol. The highest BCUT2D eigenvalue weighted by Gasteiger charge is 2.23. The third-order valence-electron chi connectivity index (χ3n) is 5.55. The summed E-state index contributed by atoms with van der Waals surface area (Å²) in [5, 5.41) is 22.3. The fraction of sp³-hybridized carbons (Fsp3) is 0.348. The third kappa shape index (κ3) is 4.04. The molecule has 146 valence electrons. The quantitative estimate of drug-likeness (QED) is 0.596. The van der Waals surface area contributed by atoms with Crippen LogP contribution in [-0.2, 0) is 17.6 Å². The van der Waals surface area contributed by atoms with Crippen molar-refractivity contribution in [2.75, 3.05) is 23.3 Å². The molecule has 2 aliphatic rings. The first-order chi connectivity index (χ1) is 14.2. The lowest BCUT2D eigenvalue weighted by atomic mass is 10.1. The maximum atomic E-state index is 12.6. The van der Waals surface area contributed by atoms with Crippen LogP contribution in [0.15, 0.2) is 29.8 Å². The number of hydrogen-bond acceptors (Lipinski definition) is 5. The number of aryl methyl sites for hydroxylation is 1. The lowest BCUT2D eigenvalue weighted by molar-refractivity contribution is -0.112. The second-order valence-electron chi connectivity index (χ2n) is 7.44. The average Bonchev–Trinajstić information content (AvgIpc) is 3.33. The number of benzene rings is 1. The zero-order valence-electron chi connectivity index (χ0n) is 16.2. The summed E-state index contributed by atoms with van der Waals surface area (Å²) in [7, 11) is 0. The summed E-state index contributed by atoms with van der Waals surface area (Å²) in [6.07, 6.45) is 8.22. The van der Waals surface area contributed by atoms with Gasteiger partial charge in [-0.3, -0.25) is 4.79 Å². The molecule has 4 rings (SSSR count). The summed E-state index contributed by atoms with van der Waals surface area (Å²) in [5.74, 6) is -0.468. The van der Waals surface area contributed by atoms with E-state index < -0.39 is 5.91 Å². The lowest BCUT2D eigenvalue weighted by Crippen LogP contribution is -2.29. The fourth-order valence-corrected chi connectivity index (χ4v) is 5.26. The molecule has 0 bridgehead atoms. The smallest absolute Gasteiger partial charge is 0.266 e. The minimum atomic E-state index is -0.468. The Labute approximate surface area is 174 Å². The van der Waals surface area contributed by atoms with Crippen molar-refractivity contribution >= 4 is 34.0 Å². The van der Waals surface area contributed by atoms with Crippen molar-refractivity contribution in [3.05, 3.63) is 51.4 Å². The number of rotatable bonds is 4. The second-order valence-corrected chi connectivity index (χ2v) is 8.54. The van der Waals surface area contributed by atoms with Crippen LogP contribution in [0.1, 0.15) is 47.3 Å². The standard InChI is InChI=1S/C23H22N4OS/c24-14-17(13-16-7-9-18(10-8-16)27-11-2-1-3-12-27)22(28)26-23-20(15-25)19-5-4-6-21(19)29-23/h7-10,13H,1-6,11-12H2,(H,26,28)/b17-13+. The molecule has 2 heterocycles. The summed E-state index contributed by atoms with van der Waals surface area (Å²) >= 11 is 1.46. The van der Waals surface area contributed by atoms with Gasteiger partial charge >= 0.3 is 0 Å². The van der Waals surface area contributed by atoms with E-state index in [1.807, 2.05) is 30.3 Å². The molecule has 0 radical (unpaired) electrons. The van der Waals surface area contributed by atoms with Crippen LogP contribution in [0.3, 0.4) is 0 Å². The number of nitrogens with one attached hydrogen (secondary N) is 1. The Morgan fingerprint density at radius 2 is 1.83 bits per heavy atom. The van der Waals surface area contributed by atoms with Gasteiger partial charge in [-0.1, -0.05) is 12.1 Å². The molecule has 1 aromatic heterocycles. The minimum absolute atomic E-state index is 0.0353. The van der Waals surface area contributed by atoms with Crippen LogP contribution in [0, 0.1) is 22.7 Å². The van der Waals surface area contributed by atoms with E-state index in [-0.39, 0.29) is 5.57 Å². The molecule has 0 saturated carbocycles. The summed E-state index contributed by atoms with van der Waals surface area (Å²) in [4.78, 5) is 16.2. The van der Waals surface area contributed by atoms with E-state index >= 15 is 0 Å². The van der Waals surface area contributed by atoms with E-state index in [0.717, 1.165) is 43.5 Å². The summed E-state index contributed by atoms with van der Waals surface area (Å²) < 4.78 is 0. The topological polar surface area (TPSA) is 79.9 Å². The number of hydrogen-bond donors (Lipinski definition) is 1. The first kappa shape index (κ1) is 19.2. The number of carbonyl (C=O) groups is 1. The Balaban J connectivity index is 1.50. The van der Waals surface area contributed by atoms with Gasteiger partial charge in [-0.05, 0) is 67.9 Å². The number of carbonyl (C=O) groups excluding carboxylic acids is 1. The van der Waals surface area contributed by atoms with Crippen LogP contribution >= 0.6 is 11.3 Å². The summed E-state index contributed by atoms with van der Waals surface area (Å²) in [6, 6.07) is 12.2. The highest BCUT2D eigenvalue weighted by molar-refractivity contribution is 7.16. The van der Waals surface area contributed by atoms with Crippen molar-refractivity contribution in [3.63, 3.8) is 0 Å². The van der Waals surface area contributed by atoms with Crippen LogP contribution in [0.25, 0.3) is 6.08 Å². The molecule has 1 N–H and O–H groups in total. The van der Waals surface area contributed by atoms with Gasteiger partial charge in [-0.25, -0.2) is 0 Å². The molecule has 2 aromatic rings. The number of amides is 1. The Morgan fingerprint density at radius 1 is 1.07 bits per heavy atom. The zero-order chi connectivity index (χ0) is 20.2. The first-order valence-electron chi connectivity index (χ1n) is 10.0. The van der Waals surface area contributed by atoms with Gasteiger partial charge < -0.3 is 10.2 Å². The molecular weight excluding hydrogens is 380 g/mol. The van der Waals surface area contributed by atoms with Gasteiger partial charge in [0.25, 0.3) is 5.91 Å². The number of nitriles is 2. The van der Waals surface area contributed by atoms with Crippen molar-refractivity contribution < 1.29 is 4.79 Å². The van der Waals surface area contributed by atoms with Crippen LogP contribution in [0.4, 0.5) is 10.7 Å². The molecular formula is C23H22N4OS. The predicted octanol–water partition coefficient (Wildman–Crippen LogP) is 4.64. The van der Waals surface area contributed by atoms with Crippen LogP contribution in [0.5, 0.6) is 0 Å². The van der Waals surface area contributed by atoms with Gasteiger partial charge in [0.15, 0.2) is 0 Å². The Bertz CT molecular complexity index is 1030. The lowest BCUT2D eigenvalue weighted by Gasteiger charge is -2.28. The molecule has 1 aliphatic heterocycles. The van der Waals surface area contributed by atoms with Crippen molar-refractivity contribution in [1.82, 2.24) is 0 Å². The van der Waals surface area contributed by atoms with Gasteiger partial charge in [-0.2, -0.15) is 10.5 Å². The molecule has 0 unspecified atom stereocenters. The number of piperidine rings is 1. The highest BCUT2D eigenvalue weighted by Crippen LogP contribution is 2.38. The van der Waals surface area contributed by atoms with Crippen molar-refractivity contribution in [1.29, 1.82) is 10.5 Å². The van der Waals surface area contributed by atoms with E-state index in [1.165, 1.54) is 41.2 Å². The minimum Gasteiger partial charge on any atom is -0.372 e. The number of nitrogens with zero attached hydrogens (tertiary/aromatic N) is 3. The molecule has 0 atom stereocenters. The Kier molecular flexibility index (Phi) is 5.64. The predicted molar refractivity (Wildman–Crippen MR) is 116 cm³/mol. The number of fused-ring (bicyclic) bond motifs is 1. The molecule has 1 amide bonds. The van der Waals surface area contributed by atoms with Crippen LogP contribution in [-0.4, -0.2) is 19.0 Å². The van der Waals surface area contributed by atoms with E-state index in [9.17, 15) is 15.3 Å². The van der Waals surface area contributed by atoms with Crippen LogP contribution in [0.2, 0.25) is 0 Å². The van der Waals surface area contributed by atoms with Gasteiger partial charge in [0.1, 0.15) is 22.7 Å².